The number of thioether (sulfide) groups is 1. The second-order valence-corrected chi connectivity index (χ2v) is 6.05. The average molecular weight is 395 g/mol. The fourth-order valence-corrected chi connectivity index (χ4v) is 2.58. The number of anilines is 1. The molecule has 1 N–H and O–H groups in total. The van der Waals surface area contributed by atoms with Crippen LogP contribution in [0.15, 0.2) is 58.2 Å². The Morgan fingerprint density at radius 2 is 1.81 bits per heavy atom. The van der Waals surface area contributed by atoms with Crippen molar-refractivity contribution in [2.75, 3.05) is 11.1 Å². The molecule has 3 aromatic rings. The van der Waals surface area contributed by atoms with Crippen molar-refractivity contribution in [1.82, 2.24) is 10.2 Å². The molecule has 1 amide bonds. The Bertz CT molecular complexity index is 902. The monoisotopic (exact) mass is 395 g/mol. The largest absolute Gasteiger partial charge is 0.435 e. The maximum atomic E-state index is 12.9. The van der Waals surface area contributed by atoms with Crippen molar-refractivity contribution in [2.24, 2.45) is 0 Å². The summed E-state index contributed by atoms with van der Waals surface area (Å²) in [5, 5.41) is 10.5. The van der Waals surface area contributed by atoms with E-state index in [9.17, 15) is 18.0 Å². The number of ether oxygens (including phenoxy) is 1. The predicted octanol–water partition coefficient (Wildman–Crippen LogP) is 4.21. The lowest BCUT2D eigenvalue weighted by molar-refractivity contribution is -0.113. The van der Waals surface area contributed by atoms with Gasteiger partial charge >= 0.3 is 6.61 Å². The molecule has 0 saturated heterocycles. The molecule has 3 rings (SSSR count). The lowest BCUT2D eigenvalue weighted by atomic mass is 10.2. The molecule has 0 bridgehead atoms. The van der Waals surface area contributed by atoms with E-state index in [4.69, 9.17) is 4.42 Å². The maximum Gasteiger partial charge on any atom is 0.387 e. The molecule has 0 radical (unpaired) electrons. The van der Waals surface area contributed by atoms with Crippen molar-refractivity contribution < 1.29 is 27.1 Å². The number of aromatic nitrogens is 2. The molecule has 0 aliphatic carbocycles. The molecule has 140 valence electrons. The first kappa shape index (κ1) is 18.8. The summed E-state index contributed by atoms with van der Waals surface area (Å²) in [4.78, 5) is 11.9. The number of nitrogens with one attached hydrogen (secondary N) is 1. The van der Waals surface area contributed by atoms with E-state index in [0.29, 0.717) is 11.3 Å². The Morgan fingerprint density at radius 3 is 2.48 bits per heavy atom. The van der Waals surface area contributed by atoms with Gasteiger partial charge < -0.3 is 14.5 Å². The van der Waals surface area contributed by atoms with Crippen molar-refractivity contribution in [1.29, 1.82) is 0 Å². The third-order valence-electron chi connectivity index (χ3n) is 3.19. The predicted molar refractivity (Wildman–Crippen MR) is 92.1 cm³/mol. The van der Waals surface area contributed by atoms with E-state index < -0.39 is 6.61 Å². The Labute approximate surface area is 155 Å². The van der Waals surface area contributed by atoms with Gasteiger partial charge in [-0.05, 0) is 48.5 Å². The molecule has 0 saturated carbocycles. The van der Waals surface area contributed by atoms with Crippen LogP contribution in [0, 0.1) is 5.82 Å². The zero-order valence-corrected chi connectivity index (χ0v) is 14.4. The standard InChI is InChI=1S/C17H12F3N3O3S/c18-11-3-1-10(2-4-11)15-22-23-17(26-15)27-9-14(24)21-12-5-7-13(8-6-12)25-16(19)20/h1-8,16H,9H2,(H,21,24). The summed E-state index contributed by atoms with van der Waals surface area (Å²) in [6.45, 7) is -2.91. The zero-order valence-electron chi connectivity index (χ0n) is 13.6. The molecule has 27 heavy (non-hydrogen) atoms. The third kappa shape index (κ3) is 5.48. The summed E-state index contributed by atoms with van der Waals surface area (Å²) >= 11 is 1.03. The average Bonchev–Trinajstić information content (AvgIpc) is 3.11. The molecule has 0 unspecified atom stereocenters. The molecule has 0 aliphatic rings. The minimum absolute atomic E-state index is 0.000334. The number of carbonyl (C=O) groups excluding carboxylic acids is 1. The lowest BCUT2D eigenvalue weighted by Gasteiger charge is -2.06. The van der Waals surface area contributed by atoms with E-state index in [2.05, 4.69) is 20.3 Å². The molecular weight excluding hydrogens is 383 g/mol. The van der Waals surface area contributed by atoms with Crippen LogP contribution in [0.1, 0.15) is 0 Å². The Morgan fingerprint density at radius 1 is 1.11 bits per heavy atom. The van der Waals surface area contributed by atoms with Crippen molar-refractivity contribution in [3.63, 3.8) is 0 Å². The van der Waals surface area contributed by atoms with Crippen LogP contribution in [-0.2, 0) is 4.79 Å². The molecule has 0 aliphatic heterocycles. The highest BCUT2D eigenvalue weighted by molar-refractivity contribution is 7.99. The van der Waals surface area contributed by atoms with Crippen molar-refractivity contribution >= 4 is 23.4 Å². The van der Waals surface area contributed by atoms with Gasteiger partial charge in [-0.25, -0.2) is 4.39 Å². The number of alkyl halides is 2. The van der Waals surface area contributed by atoms with Gasteiger partial charge in [0.25, 0.3) is 5.22 Å². The van der Waals surface area contributed by atoms with Gasteiger partial charge in [-0.2, -0.15) is 8.78 Å². The zero-order chi connectivity index (χ0) is 19.2. The summed E-state index contributed by atoms with van der Waals surface area (Å²) in [6.07, 6.45) is 0. The van der Waals surface area contributed by atoms with Crippen LogP contribution in [0.4, 0.5) is 18.9 Å². The second-order valence-electron chi connectivity index (χ2n) is 5.12. The molecule has 0 spiro atoms. The van der Waals surface area contributed by atoms with Crippen LogP contribution in [0.25, 0.3) is 11.5 Å². The number of benzene rings is 2. The first-order chi connectivity index (χ1) is 13.0. The first-order valence-electron chi connectivity index (χ1n) is 7.56. The SMILES string of the molecule is O=C(CSc1nnc(-c2ccc(F)cc2)o1)Nc1ccc(OC(F)F)cc1. The topological polar surface area (TPSA) is 77.2 Å². The van der Waals surface area contributed by atoms with Gasteiger partial charge in [0.05, 0.1) is 5.75 Å². The number of hydrogen-bond donors (Lipinski definition) is 1. The number of amides is 1. The quantitative estimate of drug-likeness (QED) is 0.604. The van der Waals surface area contributed by atoms with Gasteiger partial charge in [0.1, 0.15) is 11.6 Å². The van der Waals surface area contributed by atoms with E-state index in [1.54, 1.807) is 0 Å². The highest BCUT2D eigenvalue weighted by atomic mass is 32.2. The lowest BCUT2D eigenvalue weighted by Crippen LogP contribution is -2.14. The van der Waals surface area contributed by atoms with Crippen molar-refractivity contribution in [2.45, 2.75) is 11.8 Å². The van der Waals surface area contributed by atoms with Crippen LogP contribution in [0.3, 0.4) is 0 Å². The molecule has 1 aromatic heterocycles. The number of carbonyl (C=O) groups is 1. The van der Waals surface area contributed by atoms with E-state index in [-0.39, 0.29) is 34.3 Å². The minimum Gasteiger partial charge on any atom is -0.435 e. The van der Waals surface area contributed by atoms with Gasteiger partial charge in [-0.15, -0.1) is 10.2 Å². The fourth-order valence-electron chi connectivity index (χ4n) is 2.02. The number of rotatable bonds is 7. The van der Waals surface area contributed by atoms with Crippen LogP contribution in [0.2, 0.25) is 0 Å². The van der Waals surface area contributed by atoms with E-state index in [1.165, 1.54) is 48.5 Å². The van der Waals surface area contributed by atoms with Gasteiger partial charge in [0.15, 0.2) is 0 Å². The summed E-state index contributed by atoms with van der Waals surface area (Å²) in [5.41, 5.74) is 0.992. The highest BCUT2D eigenvalue weighted by Crippen LogP contribution is 2.24. The van der Waals surface area contributed by atoms with Crippen LogP contribution >= 0.6 is 11.8 Å². The van der Waals surface area contributed by atoms with Gasteiger partial charge in [0.2, 0.25) is 11.8 Å². The number of hydrogen-bond acceptors (Lipinski definition) is 6. The van der Waals surface area contributed by atoms with E-state index in [0.717, 1.165) is 11.8 Å². The Balaban J connectivity index is 1.51. The number of nitrogens with zero attached hydrogens (tertiary/aromatic N) is 2. The molecule has 10 heteroatoms. The highest BCUT2D eigenvalue weighted by Gasteiger charge is 2.12. The summed E-state index contributed by atoms with van der Waals surface area (Å²) in [6, 6.07) is 11.1. The van der Waals surface area contributed by atoms with Gasteiger partial charge in [-0.3, -0.25) is 4.79 Å². The summed E-state index contributed by atoms with van der Waals surface area (Å²) < 4.78 is 46.7. The molecule has 6 nitrogen and oxygen atoms in total. The van der Waals surface area contributed by atoms with Crippen LogP contribution in [0.5, 0.6) is 5.75 Å². The summed E-state index contributed by atoms with van der Waals surface area (Å²) in [7, 11) is 0. The first-order valence-corrected chi connectivity index (χ1v) is 8.55. The smallest absolute Gasteiger partial charge is 0.387 e. The van der Waals surface area contributed by atoms with Gasteiger partial charge in [0, 0.05) is 11.3 Å². The fraction of sp³-hybridized carbons (Fsp3) is 0.118. The second kappa shape index (κ2) is 8.58. The van der Waals surface area contributed by atoms with Crippen LogP contribution in [-0.4, -0.2) is 28.5 Å². The molecule has 0 fully saturated rings. The third-order valence-corrected chi connectivity index (χ3v) is 4.01. The maximum absolute atomic E-state index is 12.9. The number of halogens is 3. The van der Waals surface area contributed by atoms with Crippen molar-refractivity contribution in [3.8, 4) is 17.2 Å². The van der Waals surface area contributed by atoms with Crippen molar-refractivity contribution in [3.05, 3.63) is 54.3 Å². The molecule has 0 atom stereocenters. The molecule has 1 heterocycles. The Kier molecular flexibility index (Phi) is 5.97. The van der Waals surface area contributed by atoms with E-state index >= 15 is 0 Å². The molecule has 2 aromatic carbocycles. The van der Waals surface area contributed by atoms with E-state index in [1.807, 2.05) is 0 Å². The minimum atomic E-state index is -2.91. The van der Waals surface area contributed by atoms with Crippen LogP contribution < -0.4 is 10.1 Å². The molecular formula is C17H12F3N3O3S. The van der Waals surface area contributed by atoms with Gasteiger partial charge in [-0.1, -0.05) is 11.8 Å². The Hall–Kier alpha value is -3.01. The summed E-state index contributed by atoms with van der Waals surface area (Å²) in [5.74, 6) is -0.508. The normalized spacial score (nSPS) is 10.8.